The molecule has 0 amide bonds. The van der Waals surface area contributed by atoms with Gasteiger partial charge in [-0.3, -0.25) is 0 Å². The Balaban J connectivity index is 2.38. The van der Waals surface area contributed by atoms with Crippen molar-refractivity contribution >= 4 is 0 Å². The summed E-state index contributed by atoms with van der Waals surface area (Å²) in [4.78, 5) is 0. The lowest BCUT2D eigenvalue weighted by molar-refractivity contribution is 0.201. The minimum atomic E-state index is -1.28. The summed E-state index contributed by atoms with van der Waals surface area (Å²) < 4.78 is 28.1. The van der Waals surface area contributed by atoms with E-state index in [4.69, 9.17) is 0 Å². The standard InChI is InChI=1S/C12H13F2N3O/c1-2-5-17-11(7-15-16-17)12(18)9-6-8(13)3-4-10(9)14/h3-4,6-7,12,18H,2,5H2,1H3. The molecule has 0 aliphatic carbocycles. The number of aliphatic hydroxyl groups is 1. The molecule has 18 heavy (non-hydrogen) atoms. The predicted molar refractivity (Wildman–Crippen MR) is 60.7 cm³/mol. The highest BCUT2D eigenvalue weighted by molar-refractivity contribution is 5.26. The van der Waals surface area contributed by atoms with E-state index in [2.05, 4.69) is 10.3 Å². The lowest BCUT2D eigenvalue weighted by Gasteiger charge is -2.13. The number of hydrogen-bond acceptors (Lipinski definition) is 3. The second-order valence-electron chi connectivity index (χ2n) is 3.95. The van der Waals surface area contributed by atoms with Gasteiger partial charge in [-0.15, -0.1) is 5.10 Å². The molecule has 1 heterocycles. The van der Waals surface area contributed by atoms with Crippen LogP contribution in [0.15, 0.2) is 24.4 Å². The van der Waals surface area contributed by atoms with Crippen LogP contribution < -0.4 is 0 Å². The summed E-state index contributed by atoms with van der Waals surface area (Å²) in [7, 11) is 0. The highest BCUT2D eigenvalue weighted by Crippen LogP contribution is 2.24. The topological polar surface area (TPSA) is 50.9 Å². The fourth-order valence-corrected chi connectivity index (χ4v) is 1.75. The molecule has 0 fully saturated rings. The molecule has 0 bridgehead atoms. The highest BCUT2D eigenvalue weighted by atomic mass is 19.1. The van der Waals surface area contributed by atoms with Gasteiger partial charge < -0.3 is 5.11 Å². The summed E-state index contributed by atoms with van der Waals surface area (Å²) in [5.74, 6) is -1.26. The molecule has 2 aromatic rings. The number of aromatic nitrogens is 3. The van der Waals surface area contributed by atoms with Gasteiger partial charge in [0.15, 0.2) is 0 Å². The Bertz CT molecular complexity index is 542. The fraction of sp³-hybridized carbons (Fsp3) is 0.333. The van der Waals surface area contributed by atoms with E-state index < -0.39 is 17.7 Å². The highest BCUT2D eigenvalue weighted by Gasteiger charge is 2.20. The zero-order valence-corrected chi connectivity index (χ0v) is 9.85. The van der Waals surface area contributed by atoms with Crippen molar-refractivity contribution in [2.45, 2.75) is 26.0 Å². The molecule has 1 unspecified atom stereocenters. The van der Waals surface area contributed by atoms with E-state index >= 15 is 0 Å². The van der Waals surface area contributed by atoms with Crippen molar-refractivity contribution in [3.05, 3.63) is 47.3 Å². The fourth-order valence-electron chi connectivity index (χ4n) is 1.75. The van der Waals surface area contributed by atoms with E-state index in [0.29, 0.717) is 12.2 Å². The maximum absolute atomic E-state index is 13.6. The Morgan fingerprint density at radius 1 is 1.39 bits per heavy atom. The van der Waals surface area contributed by atoms with Gasteiger partial charge in [-0.05, 0) is 24.6 Å². The first-order valence-electron chi connectivity index (χ1n) is 5.65. The van der Waals surface area contributed by atoms with Crippen molar-refractivity contribution in [1.29, 1.82) is 0 Å². The van der Waals surface area contributed by atoms with Crippen LogP contribution in [0.25, 0.3) is 0 Å². The molecule has 0 aliphatic heterocycles. The Kier molecular flexibility index (Phi) is 3.66. The first-order valence-corrected chi connectivity index (χ1v) is 5.65. The molecule has 96 valence electrons. The lowest BCUT2D eigenvalue weighted by Crippen LogP contribution is -2.11. The number of rotatable bonds is 4. The number of benzene rings is 1. The first-order chi connectivity index (χ1) is 8.63. The zero-order valence-electron chi connectivity index (χ0n) is 9.85. The Morgan fingerprint density at radius 2 is 2.17 bits per heavy atom. The lowest BCUT2D eigenvalue weighted by atomic mass is 10.1. The van der Waals surface area contributed by atoms with Crippen LogP contribution in [0, 0.1) is 11.6 Å². The van der Waals surface area contributed by atoms with Crippen LogP contribution in [0.4, 0.5) is 8.78 Å². The van der Waals surface area contributed by atoms with Crippen LogP contribution in [0.3, 0.4) is 0 Å². The number of hydrogen-bond donors (Lipinski definition) is 1. The molecule has 6 heteroatoms. The average Bonchev–Trinajstić information content (AvgIpc) is 2.80. The van der Waals surface area contributed by atoms with Gasteiger partial charge in [0.2, 0.25) is 0 Å². The van der Waals surface area contributed by atoms with Crippen molar-refractivity contribution in [1.82, 2.24) is 15.0 Å². The van der Waals surface area contributed by atoms with Crippen molar-refractivity contribution in [2.24, 2.45) is 0 Å². The van der Waals surface area contributed by atoms with E-state index in [9.17, 15) is 13.9 Å². The van der Waals surface area contributed by atoms with E-state index in [0.717, 1.165) is 24.6 Å². The first kappa shape index (κ1) is 12.6. The summed E-state index contributed by atoms with van der Waals surface area (Å²) in [5, 5.41) is 17.6. The molecule has 1 N–H and O–H groups in total. The van der Waals surface area contributed by atoms with Crippen LogP contribution in [-0.4, -0.2) is 20.1 Å². The van der Waals surface area contributed by atoms with Gasteiger partial charge in [0.1, 0.15) is 17.7 Å². The van der Waals surface area contributed by atoms with E-state index in [1.54, 1.807) is 0 Å². The van der Waals surface area contributed by atoms with E-state index in [1.165, 1.54) is 10.9 Å². The third kappa shape index (κ3) is 2.38. The summed E-state index contributed by atoms with van der Waals surface area (Å²) >= 11 is 0. The number of halogens is 2. The van der Waals surface area contributed by atoms with Gasteiger partial charge in [0, 0.05) is 12.1 Å². The Morgan fingerprint density at radius 3 is 2.89 bits per heavy atom. The molecule has 0 radical (unpaired) electrons. The van der Waals surface area contributed by atoms with Crippen molar-refractivity contribution in [2.75, 3.05) is 0 Å². The molecule has 1 aromatic carbocycles. The average molecular weight is 253 g/mol. The molecule has 1 aromatic heterocycles. The van der Waals surface area contributed by atoms with Gasteiger partial charge in [0.05, 0.1) is 11.9 Å². The number of nitrogens with zero attached hydrogens (tertiary/aromatic N) is 3. The Labute approximate surface area is 103 Å². The quantitative estimate of drug-likeness (QED) is 0.907. The minimum Gasteiger partial charge on any atom is -0.382 e. The minimum absolute atomic E-state index is 0.116. The monoisotopic (exact) mass is 253 g/mol. The van der Waals surface area contributed by atoms with Gasteiger partial charge in [-0.25, -0.2) is 13.5 Å². The third-order valence-electron chi connectivity index (χ3n) is 2.62. The molecular formula is C12H13F2N3O. The van der Waals surface area contributed by atoms with Gasteiger partial charge >= 0.3 is 0 Å². The summed E-state index contributed by atoms with van der Waals surface area (Å²) in [5.41, 5.74) is 0.232. The van der Waals surface area contributed by atoms with Crippen molar-refractivity contribution in [3.8, 4) is 0 Å². The number of aliphatic hydroxyl groups excluding tert-OH is 1. The zero-order chi connectivity index (χ0) is 13.1. The van der Waals surface area contributed by atoms with Crippen LogP contribution in [0.2, 0.25) is 0 Å². The second kappa shape index (κ2) is 5.22. The van der Waals surface area contributed by atoms with Crippen molar-refractivity contribution in [3.63, 3.8) is 0 Å². The SMILES string of the molecule is CCCn1nncc1C(O)c1cc(F)ccc1F. The summed E-state index contributed by atoms with van der Waals surface area (Å²) in [6, 6.07) is 2.97. The van der Waals surface area contributed by atoms with Crippen LogP contribution in [0.5, 0.6) is 0 Å². The molecule has 2 rings (SSSR count). The Hall–Kier alpha value is -1.82. The summed E-state index contributed by atoms with van der Waals surface area (Å²) in [6.45, 7) is 2.50. The van der Waals surface area contributed by atoms with Crippen LogP contribution in [0.1, 0.15) is 30.7 Å². The van der Waals surface area contributed by atoms with Crippen LogP contribution >= 0.6 is 0 Å². The smallest absolute Gasteiger partial charge is 0.129 e. The summed E-state index contributed by atoms with van der Waals surface area (Å²) in [6.07, 6.45) is 0.876. The normalized spacial score (nSPS) is 12.7. The molecular weight excluding hydrogens is 240 g/mol. The molecule has 1 atom stereocenters. The largest absolute Gasteiger partial charge is 0.382 e. The molecule has 0 aliphatic rings. The maximum atomic E-state index is 13.6. The predicted octanol–water partition coefficient (Wildman–Crippen LogP) is 2.05. The van der Waals surface area contributed by atoms with Crippen molar-refractivity contribution < 1.29 is 13.9 Å². The third-order valence-corrected chi connectivity index (χ3v) is 2.62. The second-order valence-corrected chi connectivity index (χ2v) is 3.95. The molecule has 0 spiro atoms. The van der Waals surface area contributed by atoms with E-state index in [1.807, 2.05) is 6.92 Å². The molecule has 0 saturated heterocycles. The van der Waals surface area contributed by atoms with Gasteiger partial charge in [-0.1, -0.05) is 12.1 Å². The van der Waals surface area contributed by atoms with E-state index in [-0.39, 0.29) is 5.56 Å². The maximum Gasteiger partial charge on any atom is 0.129 e. The van der Waals surface area contributed by atoms with Gasteiger partial charge in [0.25, 0.3) is 0 Å². The number of aryl methyl sites for hydroxylation is 1. The molecule has 0 saturated carbocycles. The van der Waals surface area contributed by atoms with Gasteiger partial charge in [-0.2, -0.15) is 0 Å². The molecule has 4 nitrogen and oxygen atoms in total. The van der Waals surface area contributed by atoms with Crippen LogP contribution in [-0.2, 0) is 6.54 Å².